The number of carbonyl (C=O) groups is 1. The highest BCUT2D eigenvalue weighted by Crippen LogP contribution is 2.25. The van der Waals surface area contributed by atoms with Crippen molar-refractivity contribution >= 4 is 17.7 Å². The van der Waals surface area contributed by atoms with Crippen LogP contribution < -0.4 is 5.73 Å². The molecule has 5 heteroatoms. The normalized spacial score (nSPS) is 14.3. The summed E-state index contributed by atoms with van der Waals surface area (Å²) in [5.74, 6) is 0. The molecule has 3 N–H and O–H groups in total. The zero-order valence-corrected chi connectivity index (χ0v) is 8.94. The van der Waals surface area contributed by atoms with Crippen molar-refractivity contribution in [2.45, 2.75) is 19.1 Å². The molecule has 0 spiro atoms. The Morgan fingerprint density at radius 1 is 1.53 bits per heavy atom. The standard InChI is InChI=1S/C10H12ClNO3/c1-6(15-10(12)14)9(13)7-4-2-3-5-8(7)11/h2-6,9,13H,1H3,(H2,12,14)/t6?,9-/m0/s1. The van der Waals surface area contributed by atoms with E-state index < -0.39 is 18.3 Å². The van der Waals surface area contributed by atoms with Gasteiger partial charge in [0.2, 0.25) is 0 Å². The molecule has 0 fully saturated rings. The Labute approximate surface area is 92.6 Å². The number of hydrogen-bond acceptors (Lipinski definition) is 3. The number of carbonyl (C=O) groups excluding carboxylic acids is 1. The van der Waals surface area contributed by atoms with Crippen molar-refractivity contribution in [3.63, 3.8) is 0 Å². The zero-order chi connectivity index (χ0) is 11.4. The monoisotopic (exact) mass is 229 g/mol. The van der Waals surface area contributed by atoms with Crippen molar-refractivity contribution in [3.05, 3.63) is 34.9 Å². The molecule has 4 nitrogen and oxygen atoms in total. The molecule has 1 rings (SSSR count). The second-order valence-corrected chi connectivity index (χ2v) is 3.52. The van der Waals surface area contributed by atoms with E-state index >= 15 is 0 Å². The Morgan fingerprint density at radius 2 is 2.13 bits per heavy atom. The summed E-state index contributed by atoms with van der Waals surface area (Å²) >= 11 is 5.87. The summed E-state index contributed by atoms with van der Waals surface area (Å²) in [6.45, 7) is 1.54. The van der Waals surface area contributed by atoms with E-state index in [2.05, 4.69) is 4.74 Å². The van der Waals surface area contributed by atoms with Crippen molar-refractivity contribution in [2.24, 2.45) is 5.73 Å². The van der Waals surface area contributed by atoms with Crippen LogP contribution in [0.1, 0.15) is 18.6 Å². The summed E-state index contributed by atoms with van der Waals surface area (Å²) in [6, 6.07) is 6.80. The molecule has 1 amide bonds. The molecule has 0 aliphatic rings. The summed E-state index contributed by atoms with van der Waals surface area (Å²) in [4.78, 5) is 10.5. The fourth-order valence-electron chi connectivity index (χ4n) is 1.22. The minimum atomic E-state index is -0.980. The summed E-state index contributed by atoms with van der Waals surface area (Å²) in [6.07, 6.45) is -2.64. The largest absolute Gasteiger partial charge is 0.444 e. The molecule has 0 heterocycles. The zero-order valence-electron chi connectivity index (χ0n) is 8.18. The van der Waals surface area contributed by atoms with Crippen LogP contribution >= 0.6 is 11.6 Å². The fourth-order valence-corrected chi connectivity index (χ4v) is 1.46. The van der Waals surface area contributed by atoms with Crippen molar-refractivity contribution in [1.29, 1.82) is 0 Å². The Balaban J connectivity index is 2.80. The molecular weight excluding hydrogens is 218 g/mol. The van der Waals surface area contributed by atoms with E-state index in [0.29, 0.717) is 10.6 Å². The molecule has 1 aromatic carbocycles. The molecular formula is C10H12ClNO3. The fraction of sp³-hybridized carbons (Fsp3) is 0.300. The van der Waals surface area contributed by atoms with Crippen molar-refractivity contribution in [2.75, 3.05) is 0 Å². The third-order valence-corrected chi connectivity index (χ3v) is 2.31. The van der Waals surface area contributed by atoms with Crippen LogP contribution in [0.25, 0.3) is 0 Å². The number of nitrogens with two attached hydrogens (primary N) is 1. The van der Waals surface area contributed by atoms with Crippen molar-refractivity contribution < 1.29 is 14.6 Å². The van der Waals surface area contributed by atoms with Crippen LogP contribution in [0.15, 0.2) is 24.3 Å². The molecule has 1 aromatic rings. The second kappa shape index (κ2) is 5.00. The molecule has 15 heavy (non-hydrogen) atoms. The van der Waals surface area contributed by atoms with Crippen molar-refractivity contribution in [3.8, 4) is 0 Å². The first-order chi connectivity index (χ1) is 7.02. The maximum absolute atomic E-state index is 10.5. The highest BCUT2D eigenvalue weighted by Gasteiger charge is 2.21. The van der Waals surface area contributed by atoms with E-state index in [4.69, 9.17) is 17.3 Å². The number of aliphatic hydroxyl groups is 1. The van der Waals surface area contributed by atoms with Gasteiger partial charge in [-0.3, -0.25) is 0 Å². The lowest BCUT2D eigenvalue weighted by molar-refractivity contribution is 0.0158. The van der Waals surface area contributed by atoms with E-state index in [1.165, 1.54) is 0 Å². The first-order valence-electron chi connectivity index (χ1n) is 4.41. The summed E-state index contributed by atoms with van der Waals surface area (Å²) in [7, 11) is 0. The minimum Gasteiger partial charge on any atom is -0.444 e. The summed E-state index contributed by atoms with van der Waals surface area (Å²) < 4.78 is 4.65. The van der Waals surface area contributed by atoms with Gasteiger partial charge in [-0.15, -0.1) is 0 Å². The second-order valence-electron chi connectivity index (χ2n) is 3.11. The van der Waals surface area contributed by atoms with Gasteiger partial charge in [0, 0.05) is 10.6 Å². The number of benzene rings is 1. The van der Waals surface area contributed by atoms with Gasteiger partial charge >= 0.3 is 6.09 Å². The molecule has 0 aromatic heterocycles. The van der Waals surface area contributed by atoms with Gasteiger partial charge < -0.3 is 15.6 Å². The van der Waals surface area contributed by atoms with Crippen LogP contribution in [0, 0.1) is 0 Å². The third-order valence-electron chi connectivity index (χ3n) is 1.97. The molecule has 2 atom stereocenters. The van der Waals surface area contributed by atoms with Crippen LogP contribution in [0.4, 0.5) is 4.79 Å². The summed E-state index contributed by atoms with van der Waals surface area (Å²) in [5, 5.41) is 10.2. The number of primary amides is 1. The van der Waals surface area contributed by atoms with Gasteiger partial charge in [0.25, 0.3) is 0 Å². The van der Waals surface area contributed by atoms with E-state index in [9.17, 15) is 9.90 Å². The molecule has 0 radical (unpaired) electrons. The van der Waals surface area contributed by atoms with Crippen molar-refractivity contribution in [1.82, 2.24) is 0 Å². The molecule has 0 aliphatic carbocycles. The summed E-state index contributed by atoms with van der Waals surface area (Å²) in [5.41, 5.74) is 5.35. The topological polar surface area (TPSA) is 72.5 Å². The Morgan fingerprint density at radius 3 is 2.67 bits per heavy atom. The first-order valence-corrected chi connectivity index (χ1v) is 4.78. The number of amides is 1. The van der Waals surface area contributed by atoms with Crippen LogP contribution in [0.5, 0.6) is 0 Å². The van der Waals surface area contributed by atoms with E-state index in [-0.39, 0.29) is 0 Å². The Hall–Kier alpha value is -1.26. The van der Waals surface area contributed by atoms with Gasteiger partial charge in [0.1, 0.15) is 12.2 Å². The minimum absolute atomic E-state index is 0.421. The average molecular weight is 230 g/mol. The number of aliphatic hydroxyl groups excluding tert-OH is 1. The maximum Gasteiger partial charge on any atom is 0.404 e. The van der Waals surface area contributed by atoms with Gasteiger partial charge in [-0.05, 0) is 13.0 Å². The molecule has 0 bridgehead atoms. The average Bonchev–Trinajstić information content (AvgIpc) is 2.16. The molecule has 1 unspecified atom stereocenters. The highest BCUT2D eigenvalue weighted by atomic mass is 35.5. The molecule has 0 saturated carbocycles. The number of ether oxygens (including phenoxy) is 1. The lowest BCUT2D eigenvalue weighted by Gasteiger charge is -2.19. The smallest absolute Gasteiger partial charge is 0.404 e. The third kappa shape index (κ3) is 3.11. The predicted octanol–water partition coefficient (Wildman–Crippen LogP) is 1.86. The van der Waals surface area contributed by atoms with Gasteiger partial charge in [-0.2, -0.15) is 0 Å². The molecule has 82 valence electrons. The van der Waals surface area contributed by atoms with E-state index in [1.54, 1.807) is 31.2 Å². The lowest BCUT2D eigenvalue weighted by atomic mass is 10.1. The first kappa shape index (κ1) is 11.8. The predicted molar refractivity (Wildman–Crippen MR) is 56.5 cm³/mol. The quantitative estimate of drug-likeness (QED) is 0.831. The highest BCUT2D eigenvalue weighted by molar-refractivity contribution is 6.31. The van der Waals surface area contributed by atoms with E-state index in [1.807, 2.05) is 0 Å². The van der Waals surface area contributed by atoms with Gasteiger partial charge in [-0.1, -0.05) is 29.8 Å². The van der Waals surface area contributed by atoms with Crippen LogP contribution in [0.2, 0.25) is 5.02 Å². The number of halogens is 1. The van der Waals surface area contributed by atoms with Gasteiger partial charge in [-0.25, -0.2) is 4.79 Å². The van der Waals surface area contributed by atoms with Gasteiger partial charge in [0.05, 0.1) is 0 Å². The lowest BCUT2D eigenvalue weighted by Crippen LogP contribution is -2.25. The number of hydrogen-bond donors (Lipinski definition) is 2. The Kier molecular flexibility index (Phi) is 3.94. The number of rotatable bonds is 3. The SMILES string of the molecule is CC(OC(N)=O)[C@H](O)c1ccccc1Cl. The Bertz CT molecular complexity index is 356. The maximum atomic E-state index is 10.5. The van der Waals surface area contributed by atoms with Crippen LogP contribution in [0.3, 0.4) is 0 Å². The molecule has 0 aliphatic heterocycles. The van der Waals surface area contributed by atoms with Crippen LogP contribution in [-0.4, -0.2) is 17.3 Å². The van der Waals surface area contributed by atoms with Crippen LogP contribution in [-0.2, 0) is 4.74 Å². The van der Waals surface area contributed by atoms with E-state index in [0.717, 1.165) is 0 Å². The molecule has 0 saturated heterocycles. The van der Waals surface area contributed by atoms with Gasteiger partial charge in [0.15, 0.2) is 0 Å².